The van der Waals surface area contributed by atoms with Gasteiger partial charge in [0.15, 0.2) is 0 Å². The maximum Gasteiger partial charge on any atom is 0.373 e. The molecule has 0 spiro atoms. The summed E-state index contributed by atoms with van der Waals surface area (Å²) in [4.78, 5) is 0. The van der Waals surface area contributed by atoms with E-state index in [1.165, 1.54) is 0 Å². The highest BCUT2D eigenvalue weighted by atomic mass is 31.2. The first kappa shape index (κ1) is 13.8. The van der Waals surface area contributed by atoms with Crippen molar-refractivity contribution in [3.63, 3.8) is 0 Å². The third-order valence-electron chi connectivity index (χ3n) is 1.56. The van der Waals surface area contributed by atoms with Crippen molar-refractivity contribution in [1.82, 2.24) is 0 Å². The molecular formula is C5H9F4O4P. The Kier molecular flexibility index (Phi) is 4.51. The molecule has 86 valence electrons. The molecule has 0 radical (unpaired) electrons. The minimum atomic E-state index is -4.96. The van der Waals surface area contributed by atoms with Gasteiger partial charge in [-0.25, -0.2) is 17.6 Å². The van der Waals surface area contributed by atoms with Crippen LogP contribution in [-0.2, 0) is 13.6 Å². The Labute approximate surface area is 77.3 Å². The van der Waals surface area contributed by atoms with E-state index in [1.54, 1.807) is 0 Å². The lowest BCUT2D eigenvalue weighted by atomic mass is 10.4. The molecule has 1 N–H and O–H groups in total. The van der Waals surface area contributed by atoms with E-state index in [-0.39, 0.29) is 0 Å². The number of hydrogen-bond donors (Lipinski definition) is 1. The van der Waals surface area contributed by atoms with Crippen LogP contribution in [-0.4, -0.2) is 37.5 Å². The van der Waals surface area contributed by atoms with Gasteiger partial charge in [-0.05, 0) is 0 Å². The Morgan fingerprint density at radius 2 is 1.43 bits per heavy atom. The van der Waals surface area contributed by atoms with Crippen molar-refractivity contribution in [3.05, 3.63) is 0 Å². The first-order valence-electron chi connectivity index (χ1n) is 3.26. The van der Waals surface area contributed by atoms with Gasteiger partial charge in [0.1, 0.15) is 0 Å². The number of halogens is 4. The molecule has 0 bridgehead atoms. The van der Waals surface area contributed by atoms with E-state index >= 15 is 0 Å². The molecule has 0 aliphatic carbocycles. The third-order valence-corrected chi connectivity index (χ3v) is 3.79. The van der Waals surface area contributed by atoms with Crippen molar-refractivity contribution >= 4 is 7.60 Å². The Morgan fingerprint density at radius 3 is 1.50 bits per heavy atom. The molecule has 0 aliphatic rings. The fourth-order valence-corrected chi connectivity index (χ4v) is 1.91. The molecule has 0 saturated heterocycles. The van der Waals surface area contributed by atoms with Crippen LogP contribution in [0.4, 0.5) is 17.6 Å². The first-order chi connectivity index (χ1) is 6.26. The number of alkyl halides is 4. The lowest BCUT2D eigenvalue weighted by Crippen LogP contribution is -2.45. The monoisotopic (exact) mass is 240 g/mol. The largest absolute Gasteiger partial charge is 0.373 e. The first-order valence-corrected chi connectivity index (χ1v) is 4.80. The van der Waals surface area contributed by atoms with Crippen LogP contribution in [0.3, 0.4) is 0 Å². The SMILES string of the molecule is COP(=O)(OC)C(O)(C(F)F)C(F)F. The van der Waals surface area contributed by atoms with Crippen molar-refractivity contribution < 1.29 is 36.3 Å². The van der Waals surface area contributed by atoms with Gasteiger partial charge in [-0.15, -0.1) is 0 Å². The second-order valence-corrected chi connectivity index (χ2v) is 4.69. The minimum absolute atomic E-state index is 0.625. The molecule has 0 saturated carbocycles. The van der Waals surface area contributed by atoms with Gasteiger partial charge in [0.05, 0.1) is 0 Å². The molecule has 0 fully saturated rings. The number of hydrogen-bond acceptors (Lipinski definition) is 4. The van der Waals surface area contributed by atoms with Crippen molar-refractivity contribution in [2.45, 2.75) is 18.2 Å². The fourth-order valence-electron chi connectivity index (χ4n) is 0.701. The van der Waals surface area contributed by atoms with E-state index in [2.05, 4.69) is 9.05 Å². The van der Waals surface area contributed by atoms with Crippen molar-refractivity contribution in [2.75, 3.05) is 14.2 Å². The van der Waals surface area contributed by atoms with Gasteiger partial charge in [0, 0.05) is 14.2 Å². The van der Waals surface area contributed by atoms with Gasteiger partial charge < -0.3 is 14.2 Å². The van der Waals surface area contributed by atoms with E-state index in [0.29, 0.717) is 14.2 Å². The summed E-state index contributed by atoms with van der Waals surface area (Å²) in [5.74, 6) is 0. The van der Waals surface area contributed by atoms with E-state index in [1.807, 2.05) is 0 Å². The Balaban J connectivity index is 5.30. The lowest BCUT2D eigenvalue weighted by Gasteiger charge is -2.31. The van der Waals surface area contributed by atoms with Gasteiger partial charge in [0.25, 0.3) is 18.2 Å². The van der Waals surface area contributed by atoms with Crippen LogP contribution >= 0.6 is 7.60 Å². The summed E-state index contributed by atoms with van der Waals surface area (Å²) in [5.41, 5.74) is 0. The van der Waals surface area contributed by atoms with Crippen LogP contribution in [0.5, 0.6) is 0 Å². The summed E-state index contributed by atoms with van der Waals surface area (Å²) < 4.78 is 67.6. The van der Waals surface area contributed by atoms with Gasteiger partial charge >= 0.3 is 7.60 Å². The number of aliphatic hydroxyl groups is 1. The zero-order valence-corrected chi connectivity index (χ0v) is 8.18. The van der Waals surface area contributed by atoms with Crippen LogP contribution < -0.4 is 0 Å². The highest BCUT2D eigenvalue weighted by molar-refractivity contribution is 7.55. The van der Waals surface area contributed by atoms with Crippen LogP contribution in [0.15, 0.2) is 0 Å². The Morgan fingerprint density at radius 1 is 1.14 bits per heavy atom. The minimum Gasteiger partial charge on any atom is -0.369 e. The maximum absolute atomic E-state index is 12.1. The topological polar surface area (TPSA) is 55.8 Å². The lowest BCUT2D eigenvalue weighted by molar-refractivity contribution is -0.135. The molecule has 0 aromatic heterocycles. The fraction of sp³-hybridized carbons (Fsp3) is 1.00. The predicted octanol–water partition coefficient (Wildman–Crippen LogP) is 1.69. The molecular weight excluding hydrogens is 231 g/mol. The normalized spacial score (nSPS) is 14.1. The third kappa shape index (κ3) is 1.93. The summed E-state index contributed by atoms with van der Waals surface area (Å²) in [6.07, 6.45) is -7.90. The quantitative estimate of drug-likeness (QED) is 0.586. The maximum atomic E-state index is 12.1. The predicted molar refractivity (Wildman–Crippen MR) is 38.6 cm³/mol. The van der Waals surface area contributed by atoms with Crippen LogP contribution in [0.1, 0.15) is 0 Å². The second-order valence-electron chi connectivity index (χ2n) is 2.25. The Bertz CT molecular complexity index is 218. The molecule has 0 aromatic carbocycles. The average molecular weight is 240 g/mol. The van der Waals surface area contributed by atoms with E-state index < -0.39 is 25.8 Å². The van der Waals surface area contributed by atoms with Crippen LogP contribution in [0.25, 0.3) is 0 Å². The molecule has 9 heteroatoms. The molecule has 0 atom stereocenters. The zero-order valence-electron chi connectivity index (χ0n) is 7.29. The van der Waals surface area contributed by atoms with E-state index in [0.717, 1.165) is 0 Å². The van der Waals surface area contributed by atoms with Crippen LogP contribution in [0.2, 0.25) is 0 Å². The average Bonchev–Trinajstić information content (AvgIpc) is 2.14. The summed E-state index contributed by atoms with van der Waals surface area (Å²) in [7, 11) is -3.71. The standard InChI is InChI=1S/C5H9F4O4P/c1-12-14(11,13-2)5(10,3(6)7)4(8)9/h3-4,10H,1-2H3. The molecule has 0 aromatic rings. The van der Waals surface area contributed by atoms with Gasteiger partial charge in [-0.1, -0.05) is 0 Å². The zero-order chi connectivity index (χ0) is 11.6. The highest BCUT2D eigenvalue weighted by Crippen LogP contribution is 2.62. The molecule has 14 heavy (non-hydrogen) atoms. The smallest absolute Gasteiger partial charge is 0.369 e. The van der Waals surface area contributed by atoms with Crippen molar-refractivity contribution in [3.8, 4) is 0 Å². The summed E-state index contributed by atoms with van der Waals surface area (Å²) in [5, 5.41) is 4.77. The number of rotatable bonds is 5. The van der Waals surface area contributed by atoms with Crippen LogP contribution in [0, 0.1) is 0 Å². The summed E-state index contributed by atoms with van der Waals surface area (Å²) in [6, 6.07) is 0. The Hall–Kier alpha value is -0.170. The van der Waals surface area contributed by atoms with Gasteiger partial charge in [0.2, 0.25) is 0 Å². The molecule has 0 amide bonds. The molecule has 0 aliphatic heterocycles. The van der Waals surface area contributed by atoms with E-state index in [4.69, 9.17) is 5.11 Å². The molecule has 4 nitrogen and oxygen atoms in total. The molecule has 0 heterocycles. The highest BCUT2D eigenvalue weighted by Gasteiger charge is 2.63. The summed E-state index contributed by atoms with van der Waals surface area (Å²) in [6.45, 7) is 0. The van der Waals surface area contributed by atoms with Gasteiger partial charge in [-0.2, -0.15) is 0 Å². The second kappa shape index (κ2) is 4.57. The van der Waals surface area contributed by atoms with Crippen molar-refractivity contribution in [2.24, 2.45) is 0 Å². The molecule has 0 rings (SSSR count). The van der Waals surface area contributed by atoms with E-state index in [9.17, 15) is 22.1 Å². The molecule has 0 unspecified atom stereocenters. The van der Waals surface area contributed by atoms with Crippen molar-refractivity contribution in [1.29, 1.82) is 0 Å². The van der Waals surface area contributed by atoms with Gasteiger partial charge in [-0.3, -0.25) is 4.57 Å². The summed E-state index contributed by atoms with van der Waals surface area (Å²) >= 11 is 0.